The maximum absolute atomic E-state index is 11.9. The Morgan fingerprint density at radius 3 is 2.29 bits per heavy atom. The highest BCUT2D eigenvalue weighted by molar-refractivity contribution is 5.96. The van der Waals surface area contributed by atoms with Crippen molar-refractivity contribution in [2.24, 2.45) is 0 Å². The Morgan fingerprint density at radius 1 is 1.14 bits per heavy atom. The van der Waals surface area contributed by atoms with Crippen molar-refractivity contribution >= 4 is 18.0 Å². The van der Waals surface area contributed by atoms with Crippen LogP contribution in [0.25, 0.3) is 0 Å². The lowest BCUT2D eigenvalue weighted by atomic mass is 10.2. The minimum atomic E-state index is -0.487. The second-order valence-electron chi connectivity index (χ2n) is 4.75. The number of hydrogen-bond acceptors (Lipinski definition) is 5. The number of imide groups is 1. The first-order chi connectivity index (χ1) is 9.99. The molecular formula is C13H24N4O4. The van der Waals surface area contributed by atoms with Crippen molar-refractivity contribution < 1.29 is 19.1 Å². The van der Waals surface area contributed by atoms with Crippen LogP contribution in [0.3, 0.4) is 0 Å². The minimum absolute atomic E-state index is 0.323. The van der Waals surface area contributed by atoms with E-state index in [1.807, 2.05) is 4.90 Å². The van der Waals surface area contributed by atoms with Gasteiger partial charge in [-0.25, -0.2) is 9.59 Å². The van der Waals surface area contributed by atoms with Gasteiger partial charge in [-0.05, 0) is 20.8 Å². The third-order valence-corrected chi connectivity index (χ3v) is 3.34. The Balaban J connectivity index is 2.40. The fraction of sp³-hybridized carbons (Fsp3) is 0.769. The summed E-state index contributed by atoms with van der Waals surface area (Å²) in [5.41, 5.74) is 0. The summed E-state index contributed by atoms with van der Waals surface area (Å²) in [6, 6.07) is -0.906. The molecule has 0 spiro atoms. The number of nitrogens with zero attached hydrogens (tertiary/aromatic N) is 2. The lowest BCUT2D eigenvalue weighted by Crippen LogP contribution is -2.56. The van der Waals surface area contributed by atoms with Gasteiger partial charge in [0.1, 0.15) is 0 Å². The van der Waals surface area contributed by atoms with Crippen molar-refractivity contribution in [3.8, 4) is 0 Å². The highest BCUT2D eigenvalue weighted by Gasteiger charge is 2.28. The van der Waals surface area contributed by atoms with Crippen molar-refractivity contribution in [1.82, 2.24) is 20.4 Å². The minimum Gasteiger partial charge on any atom is -0.450 e. The number of piperazine rings is 1. The van der Waals surface area contributed by atoms with Crippen LogP contribution in [-0.4, -0.2) is 73.2 Å². The van der Waals surface area contributed by atoms with Crippen LogP contribution in [0.2, 0.25) is 0 Å². The number of ether oxygens (including phenoxy) is 1. The fourth-order valence-electron chi connectivity index (χ4n) is 2.09. The Hall–Kier alpha value is -1.83. The molecule has 0 aromatic heterocycles. The summed E-state index contributed by atoms with van der Waals surface area (Å²) in [6.45, 7) is 8.27. The Morgan fingerprint density at radius 2 is 1.76 bits per heavy atom. The first-order valence-corrected chi connectivity index (χ1v) is 7.24. The number of rotatable bonds is 4. The number of amides is 4. The molecule has 1 unspecified atom stereocenters. The molecule has 0 aliphatic carbocycles. The van der Waals surface area contributed by atoms with Crippen LogP contribution in [0, 0.1) is 0 Å². The van der Waals surface area contributed by atoms with Gasteiger partial charge >= 0.3 is 12.1 Å². The van der Waals surface area contributed by atoms with E-state index in [0.29, 0.717) is 39.3 Å². The lowest BCUT2D eigenvalue weighted by molar-refractivity contribution is -0.125. The molecule has 1 aliphatic rings. The van der Waals surface area contributed by atoms with Gasteiger partial charge in [-0.1, -0.05) is 0 Å². The highest BCUT2D eigenvalue weighted by atomic mass is 16.6. The Bertz CT molecular complexity index is 380. The standard InChI is InChI=1S/C13H24N4O4/c1-4-14-12(19)15-11(18)10(3)16-6-8-17(9-7-16)13(20)21-5-2/h10H,4-9H2,1-3H3,(H2,14,15,18,19). The van der Waals surface area contributed by atoms with Crippen molar-refractivity contribution in [1.29, 1.82) is 0 Å². The molecule has 1 rings (SSSR count). The molecule has 1 heterocycles. The Labute approximate surface area is 124 Å². The Kier molecular flexibility index (Phi) is 6.93. The van der Waals surface area contributed by atoms with E-state index in [4.69, 9.17) is 4.74 Å². The summed E-state index contributed by atoms with van der Waals surface area (Å²) in [4.78, 5) is 38.4. The average Bonchev–Trinajstić information content (AvgIpc) is 2.47. The van der Waals surface area contributed by atoms with E-state index in [-0.39, 0.29) is 12.0 Å². The van der Waals surface area contributed by atoms with E-state index in [9.17, 15) is 14.4 Å². The van der Waals surface area contributed by atoms with Gasteiger partial charge in [0.05, 0.1) is 12.6 Å². The molecule has 0 radical (unpaired) electrons. The van der Waals surface area contributed by atoms with E-state index >= 15 is 0 Å². The summed E-state index contributed by atoms with van der Waals surface area (Å²) in [6.07, 6.45) is -0.323. The number of carbonyl (C=O) groups is 3. The number of carbonyl (C=O) groups excluding carboxylic acids is 3. The lowest BCUT2D eigenvalue weighted by Gasteiger charge is -2.36. The summed E-state index contributed by atoms with van der Waals surface area (Å²) in [7, 11) is 0. The molecule has 1 atom stereocenters. The zero-order chi connectivity index (χ0) is 15.8. The molecule has 0 bridgehead atoms. The maximum Gasteiger partial charge on any atom is 0.409 e. The van der Waals surface area contributed by atoms with E-state index in [2.05, 4.69) is 10.6 Å². The molecule has 8 nitrogen and oxygen atoms in total. The molecule has 0 aromatic rings. The quantitative estimate of drug-likeness (QED) is 0.762. The van der Waals surface area contributed by atoms with Gasteiger partial charge in [0, 0.05) is 32.7 Å². The third kappa shape index (κ3) is 5.22. The van der Waals surface area contributed by atoms with Crippen LogP contribution in [0.1, 0.15) is 20.8 Å². The predicted molar refractivity (Wildman–Crippen MR) is 76.8 cm³/mol. The molecule has 1 fully saturated rings. The van der Waals surface area contributed by atoms with E-state index in [1.165, 1.54) is 0 Å². The van der Waals surface area contributed by atoms with E-state index in [0.717, 1.165) is 0 Å². The molecule has 0 saturated carbocycles. The maximum atomic E-state index is 11.9. The van der Waals surface area contributed by atoms with Crippen LogP contribution < -0.4 is 10.6 Å². The van der Waals surface area contributed by atoms with E-state index < -0.39 is 12.1 Å². The number of urea groups is 1. The molecule has 120 valence electrons. The molecular weight excluding hydrogens is 276 g/mol. The number of nitrogens with one attached hydrogen (secondary N) is 2. The first kappa shape index (κ1) is 17.2. The molecule has 1 aliphatic heterocycles. The molecule has 1 saturated heterocycles. The SMILES string of the molecule is CCNC(=O)NC(=O)C(C)N1CCN(C(=O)OCC)CC1. The highest BCUT2D eigenvalue weighted by Crippen LogP contribution is 2.07. The van der Waals surface area contributed by atoms with Crippen molar-refractivity contribution in [3.05, 3.63) is 0 Å². The average molecular weight is 300 g/mol. The van der Waals surface area contributed by atoms with Crippen molar-refractivity contribution in [2.45, 2.75) is 26.8 Å². The van der Waals surface area contributed by atoms with Crippen LogP contribution in [0.15, 0.2) is 0 Å². The summed E-state index contributed by atoms with van der Waals surface area (Å²) in [5, 5.41) is 4.81. The first-order valence-electron chi connectivity index (χ1n) is 7.24. The van der Waals surface area contributed by atoms with Gasteiger partial charge in [-0.2, -0.15) is 0 Å². The van der Waals surface area contributed by atoms with Crippen molar-refractivity contribution in [3.63, 3.8) is 0 Å². The molecule has 21 heavy (non-hydrogen) atoms. The zero-order valence-electron chi connectivity index (χ0n) is 12.8. The van der Waals surface area contributed by atoms with Crippen LogP contribution in [0.5, 0.6) is 0 Å². The molecule has 8 heteroatoms. The van der Waals surface area contributed by atoms with Gasteiger partial charge < -0.3 is 15.0 Å². The fourth-order valence-corrected chi connectivity index (χ4v) is 2.09. The monoisotopic (exact) mass is 300 g/mol. The summed E-state index contributed by atoms with van der Waals surface area (Å²) >= 11 is 0. The van der Waals surface area contributed by atoms with Gasteiger partial charge in [0.15, 0.2) is 0 Å². The summed E-state index contributed by atoms with van der Waals surface area (Å²) < 4.78 is 4.94. The van der Waals surface area contributed by atoms with Crippen LogP contribution in [0.4, 0.5) is 9.59 Å². The number of hydrogen-bond donors (Lipinski definition) is 2. The third-order valence-electron chi connectivity index (χ3n) is 3.34. The normalized spacial score (nSPS) is 17.0. The van der Waals surface area contributed by atoms with Gasteiger partial charge in [0.25, 0.3) is 0 Å². The van der Waals surface area contributed by atoms with Crippen LogP contribution >= 0.6 is 0 Å². The molecule has 4 amide bonds. The smallest absolute Gasteiger partial charge is 0.409 e. The topological polar surface area (TPSA) is 91.0 Å². The predicted octanol–water partition coefficient (Wildman–Crippen LogP) is -0.00530. The molecule has 2 N–H and O–H groups in total. The van der Waals surface area contributed by atoms with Gasteiger partial charge in [-0.3, -0.25) is 15.0 Å². The van der Waals surface area contributed by atoms with Crippen LogP contribution in [-0.2, 0) is 9.53 Å². The zero-order valence-corrected chi connectivity index (χ0v) is 12.8. The second kappa shape index (κ2) is 8.46. The molecule has 0 aromatic carbocycles. The van der Waals surface area contributed by atoms with Gasteiger partial charge in [-0.15, -0.1) is 0 Å². The summed E-state index contributed by atoms with van der Waals surface area (Å²) in [5.74, 6) is -0.342. The second-order valence-corrected chi connectivity index (χ2v) is 4.75. The van der Waals surface area contributed by atoms with Gasteiger partial charge in [0.2, 0.25) is 5.91 Å². The van der Waals surface area contributed by atoms with E-state index in [1.54, 1.807) is 25.7 Å². The van der Waals surface area contributed by atoms with Crippen molar-refractivity contribution in [2.75, 3.05) is 39.3 Å². The largest absolute Gasteiger partial charge is 0.450 e.